The normalized spacial score (nSPS) is 11.5. The number of anilines is 1. The van der Waals surface area contributed by atoms with Gasteiger partial charge in [0.15, 0.2) is 10.8 Å². The zero-order chi connectivity index (χ0) is 20.5. The van der Waals surface area contributed by atoms with Crippen LogP contribution in [0.2, 0.25) is 0 Å². The lowest BCUT2D eigenvalue weighted by atomic mass is 9.98. The van der Waals surface area contributed by atoms with E-state index < -0.39 is 0 Å². The van der Waals surface area contributed by atoms with Crippen LogP contribution in [0, 0.1) is 13.8 Å². The lowest BCUT2D eigenvalue weighted by Crippen LogP contribution is -2.17. The molecular weight excluding hydrogens is 382 g/mol. The van der Waals surface area contributed by atoms with Crippen LogP contribution in [0.5, 0.6) is 0 Å². The van der Waals surface area contributed by atoms with E-state index in [4.69, 9.17) is 4.98 Å². The van der Waals surface area contributed by atoms with E-state index in [1.54, 1.807) is 4.52 Å². The van der Waals surface area contributed by atoms with E-state index in [0.29, 0.717) is 16.9 Å². The van der Waals surface area contributed by atoms with E-state index in [-0.39, 0.29) is 11.7 Å². The summed E-state index contributed by atoms with van der Waals surface area (Å²) in [6, 6.07) is 13.9. The number of amides is 1. The van der Waals surface area contributed by atoms with E-state index in [9.17, 15) is 4.79 Å². The van der Waals surface area contributed by atoms with Gasteiger partial charge in [-0.2, -0.15) is 4.52 Å². The van der Waals surface area contributed by atoms with Gasteiger partial charge in [0.25, 0.3) is 0 Å². The molecule has 0 saturated heterocycles. The Bertz CT molecular complexity index is 1210. The van der Waals surface area contributed by atoms with Gasteiger partial charge in [-0.15, -0.1) is 5.10 Å². The summed E-state index contributed by atoms with van der Waals surface area (Å²) in [5.41, 5.74) is 4.71. The molecule has 0 aliphatic heterocycles. The first-order valence-corrected chi connectivity index (χ1v) is 10.6. The van der Waals surface area contributed by atoms with Crippen LogP contribution >= 0.6 is 11.8 Å². The smallest absolute Gasteiger partial charge is 0.234 e. The molecule has 2 heterocycles. The Labute approximate surface area is 173 Å². The number of carbonyl (C=O) groups excluding carboxylic acids is 1. The van der Waals surface area contributed by atoms with Crippen molar-refractivity contribution in [1.29, 1.82) is 0 Å². The second-order valence-electron chi connectivity index (χ2n) is 7.34. The number of carbonyl (C=O) groups is 1. The molecule has 0 spiro atoms. The maximum Gasteiger partial charge on any atom is 0.234 e. The number of aromatic nitrogens is 4. The number of hydrogen-bond acceptors (Lipinski definition) is 5. The molecule has 4 rings (SSSR count). The van der Waals surface area contributed by atoms with Crippen LogP contribution in [-0.4, -0.2) is 31.2 Å². The van der Waals surface area contributed by atoms with Crippen LogP contribution in [0.3, 0.4) is 0 Å². The summed E-state index contributed by atoms with van der Waals surface area (Å²) in [6.07, 6.45) is 0. The number of hydrogen-bond donors (Lipinski definition) is 1. The van der Waals surface area contributed by atoms with Crippen LogP contribution in [0.15, 0.2) is 47.6 Å². The Morgan fingerprint density at radius 1 is 1.10 bits per heavy atom. The maximum absolute atomic E-state index is 12.7. The summed E-state index contributed by atoms with van der Waals surface area (Å²) in [4.78, 5) is 22.0. The van der Waals surface area contributed by atoms with Gasteiger partial charge in [0.1, 0.15) is 5.82 Å². The third kappa shape index (κ3) is 3.82. The predicted molar refractivity (Wildman–Crippen MR) is 118 cm³/mol. The molecular formula is C22H23N5OS. The Hall–Kier alpha value is -2.93. The summed E-state index contributed by atoms with van der Waals surface area (Å²) in [7, 11) is 0. The SMILES string of the molecule is Cc1nc2c3ccccc3nc(SCC(=O)Nc3c(C)cccc3C(C)C)n2n1. The Balaban J connectivity index is 1.59. The first-order valence-electron chi connectivity index (χ1n) is 9.58. The Morgan fingerprint density at radius 3 is 2.69 bits per heavy atom. The van der Waals surface area contributed by atoms with Gasteiger partial charge < -0.3 is 5.32 Å². The summed E-state index contributed by atoms with van der Waals surface area (Å²) in [5, 5.41) is 9.16. The topological polar surface area (TPSA) is 72.2 Å². The fourth-order valence-electron chi connectivity index (χ4n) is 3.37. The van der Waals surface area contributed by atoms with Crippen LogP contribution in [0.25, 0.3) is 16.6 Å². The number of para-hydroxylation sites is 2. The van der Waals surface area contributed by atoms with Crippen molar-refractivity contribution < 1.29 is 4.79 Å². The van der Waals surface area contributed by atoms with Crippen molar-refractivity contribution in [3.05, 3.63) is 59.4 Å². The average Bonchev–Trinajstić information content (AvgIpc) is 3.09. The summed E-state index contributed by atoms with van der Waals surface area (Å²) in [6.45, 7) is 8.12. The lowest BCUT2D eigenvalue weighted by molar-refractivity contribution is -0.113. The standard InChI is InChI=1S/C22H23N5OS/c1-13(2)16-10-7-8-14(3)20(16)25-19(28)12-29-22-24-18-11-6-5-9-17(18)21-23-15(4)26-27(21)22/h5-11,13H,12H2,1-4H3,(H,25,28). The fourth-order valence-corrected chi connectivity index (χ4v) is 4.12. The molecule has 0 aliphatic carbocycles. The van der Waals surface area contributed by atoms with E-state index in [1.165, 1.54) is 11.8 Å². The minimum Gasteiger partial charge on any atom is -0.325 e. The second-order valence-corrected chi connectivity index (χ2v) is 8.28. The van der Waals surface area contributed by atoms with Crippen molar-refractivity contribution in [3.8, 4) is 0 Å². The van der Waals surface area contributed by atoms with Crippen molar-refractivity contribution in [2.45, 2.75) is 38.8 Å². The molecule has 0 unspecified atom stereocenters. The monoisotopic (exact) mass is 405 g/mol. The number of thioether (sulfide) groups is 1. The van der Waals surface area contributed by atoms with Gasteiger partial charge in [0, 0.05) is 11.1 Å². The van der Waals surface area contributed by atoms with Crippen molar-refractivity contribution in [2.24, 2.45) is 0 Å². The van der Waals surface area contributed by atoms with E-state index >= 15 is 0 Å². The third-order valence-corrected chi connectivity index (χ3v) is 5.71. The highest BCUT2D eigenvalue weighted by Gasteiger charge is 2.16. The highest BCUT2D eigenvalue weighted by Crippen LogP contribution is 2.28. The summed E-state index contributed by atoms with van der Waals surface area (Å²) >= 11 is 1.36. The van der Waals surface area contributed by atoms with Crippen LogP contribution in [0.4, 0.5) is 5.69 Å². The molecule has 4 aromatic rings. The fraction of sp³-hybridized carbons (Fsp3) is 0.273. The van der Waals surface area contributed by atoms with Crippen molar-refractivity contribution in [2.75, 3.05) is 11.1 Å². The molecule has 148 valence electrons. The summed E-state index contributed by atoms with van der Waals surface area (Å²) < 4.78 is 1.73. The van der Waals surface area contributed by atoms with Crippen molar-refractivity contribution >= 4 is 39.9 Å². The molecule has 6 nitrogen and oxygen atoms in total. The highest BCUT2D eigenvalue weighted by molar-refractivity contribution is 7.99. The van der Waals surface area contributed by atoms with Gasteiger partial charge in [-0.3, -0.25) is 4.79 Å². The zero-order valence-corrected chi connectivity index (χ0v) is 17.7. The van der Waals surface area contributed by atoms with Crippen LogP contribution in [0.1, 0.15) is 36.7 Å². The Kier molecular flexibility index (Phi) is 5.24. The second kappa shape index (κ2) is 7.83. The van der Waals surface area contributed by atoms with E-state index in [1.807, 2.05) is 50.2 Å². The molecule has 1 N–H and O–H groups in total. The molecule has 0 aliphatic rings. The number of nitrogens with one attached hydrogen (secondary N) is 1. The van der Waals surface area contributed by atoms with Gasteiger partial charge in [-0.1, -0.05) is 55.9 Å². The maximum atomic E-state index is 12.7. The molecule has 2 aromatic carbocycles. The zero-order valence-electron chi connectivity index (χ0n) is 16.9. The lowest BCUT2D eigenvalue weighted by Gasteiger charge is -2.16. The van der Waals surface area contributed by atoms with E-state index in [0.717, 1.165) is 33.4 Å². The molecule has 29 heavy (non-hydrogen) atoms. The largest absolute Gasteiger partial charge is 0.325 e. The first-order chi connectivity index (χ1) is 13.9. The molecule has 0 radical (unpaired) electrons. The van der Waals surface area contributed by atoms with Gasteiger partial charge in [0.2, 0.25) is 5.91 Å². The molecule has 1 amide bonds. The molecule has 0 fully saturated rings. The molecule has 7 heteroatoms. The van der Waals surface area contributed by atoms with Gasteiger partial charge in [0.05, 0.1) is 11.3 Å². The van der Waals surface area contributed by atoms with Gasteiger partial charge in [-0.05, 0) is 43.0 Å². The van der Waals surface area contributed by atoms with E-state index in [2.05, 4.69) is 35.3 Å². The number of nitrogens with zero attached hydrogens (tertiary/aromatic N) is 4. The average molecular weight is 406 g/mol. The van der Waals surface area contributed by atoms with Crippen molar-refractivity contribution in [1.82, 2.24) is 19.6 Å². The van der Waals surface area contributed by atoms with Gasteiger partial charge in [-0.25, -0.2) is 9.97 Å². The van der Waals surface area contributed by atoms with Crippen LogP contribution < -0.4 is 5.32 Å². The number of benzene rings is 2. The predicted octanol–water partition coefficient (Wildman–Crippen LogP) is 4.75. The summed E-state index contributed by atoms with van der Waals surface area (Å²) in [5.74, 6) is 1.19. The van der Waals surface area contributed by atoms with Crippen molar-refractivity contribution in [3.63, 3.8) is 0 Å². The van der Waals surface area contributed by atoms with Gasteiger partial charge >= 0.3 is 0 Å². The minimum atomic E-state index is -0.0638. The quantitative estimate of drug-likeness (QED) is 0.383. The molecule has 0 atom stereocenters. The highest BCUT2D eigenvalue weighted by atomic mass is 32.2. The molecule has 2 aromatic heterocycles. The molecule has 0 saturated carbocycles. The number of rotatable bonds is 5. The first kappa shape index (κ1) is 19.4. The Morgan fingerprint density at radius 2 is 1.90 bits per heavy atom. The number of aryl methyl sites for hydroxylation is 2. The molecule has 0 bridgehead atoms. The number of fused-ring (bicyclic) bond motifs is 3. The third-order valence-electron chi connectivity index (χ3n) is 4.78. The van der Waals surface area contributed by atoms with Crippen LogP contribution in [-0.2, 0) is 4.79 Å². The minimum absolute atomic E-state index is 0.0638.